The van der Waals surface area contributed by atoms with Crippen molar-refractivity contribution in [2.24, 2.45) is 7.05 Å². The van der Waals surface area contributed by atoms with E-state index in [1.54, 1.807) is 6.20 Å². The third-order valence-electron chi connectivity index (χ3n) is 3.03. The van der Waals surface area contributed by atoms with Crippen LogP contribution >= 0.6 is 0 Å². The smallest absolute Gasteiger partial charge is 0.123 e. The summed E-state index contributed by atoms with van der Waals surface area (Å²) in [5.74, 6) is 2.61. The summed E-state index contributed by atoms with van der Waals surface area (Å²) in [5, 5.41) is 0. The van der Waals surface area contributed by atoms with Crippen LogP contribution in [0.2, 0.25) is 0 Å². The van der Waals surface area contributed by atoms with Gasteiger partial charge in [-0.05, 0) is 12.8 Å². The molecule has 0 radical (unpaired) electrons. The molecule has 2 rings (SSSR count). The summed E-state index contributed by atoms with van der Waals surface area (Å²) in [6.07, 6.45) is 8.41. The highest BCUT2D eigenvalue weighted by Crippen LogP contribution is 2.31. The van der Waals surface area contributed by atoms with Crippen LogP contribution in [0, 0.1) is 0 Å². The lowest BCUT2D eigenvalue weighted by atomic mass is 9.89. The molecule has 0 aromatic carbocycles. The van der Waals surface area contributed by atoms with Gasteiger partial charge in [0.2, 0.25) is 0 Å². The number of nitrogens with zero attached hydrogens (tertiary/aromatic N) is 2. The van der Waals surface area contributed by atoms with Crippen LogP contribution in [0.25, 0.3) is 0 Å². The third kappa shape index (κ3) is 1.55. The third-order valence-corrected chi connectivity index (χ3v) is 3.03. The molecule has 13 heavy (non-hydrogen) atoms. The zero-order valence-corrected chi connectivity index (χ0v) is 8.16. The molecule has 0 aliphatic heterocycles. The molecule has 72 valence electrons. The number of rotatable bonds is 1. The van der Waals surface area contributed by atoms with E-state index in [0.29, 0.717) is 5.92 Å². The van der Waals surface area contributed by atoms with Gasteiger partial charge >= 0.3 is 0 Å². The van der Waals surface area contributed by atoms with Gasteiger partial charge < -0.3 is 10.3 Å². The molecule has 1 aliphatic carbocycles. The largest absolute Gasteiger partial charge is 0.384 e. The molecule has 1 saturated carbocycles. The molecule has 1 fully saturated rings. The van der Waals surface area contributed by atoms with Gasteiger partial charge in [-0.2, -0.15) is 0 Å². The van der Waals surface area contributed by atoms with E-state index >= 15 is 0 Å². The Balaban J connectivity index is 2.18. The van der Waals surface area contributed by atoms with Crippen LogP contribution in [-0.4, -0.2) is 9.55 Å². The van der Waals surface area contributed by atoms with E-state index in [1.165, 1.54) is 37.9 Å². The first kappa shape index (κ1) is 8.60. The molecule has 1 aromatic rings. The molecule has 0 amide bonds. The van der Waals surface area contributed by atoms with E-state index in [0.717, 1.165) is 5.82 Å². The summed E-state index contributed by atoms with van der Waals surface area (Å²) in [6.45, 7) is 0. The number of hydrogen-bond acceptors (Lipinski definition) is 2. The molecular formula is C10H17N3. The normalized spacial score (nSPS) is 19.2. The Morgan fingerprint density at radius 3 is 2.62 bits per heavy atom. The number of imidazole rings is 1. The van der Waals surface area contributed by atoms with Gasteiger partial charge in [0.25, 0.3) is 0 Å². The van der Waals surface area contributed by atoms with Gasteiger partial charge in [-0.25, -0.2) is 4.98 Å². The summed E-state index contributed by atoms with van der Waals surface area (Å²) >= 11 is 0. The van der Waals surface area contributed by atoms with Crippen LogP contribution in [0.15, 0.2) is 6.20 Å². The highest BCUT2D eigenvalue weighted by Gasteiger charge is 2.19. The molecule has 1 heterocycles. The van der Waals surface area contributed by atoms with E-state index in [9.17, 15) is 0 Å². The molecule has 0 spiro atoms. The minimum Gasteiger partial charge on any atom is -0.384 e. The highest BCUT2D eigenvalue weighted by atomic mass is 15.1. The quantitative estimate of drug-likeness (QED) is 0.717. The Hall–Kier alpha value is -0.990. The summed E-state index contributed by atoms with van der Waals surface area (Å²) in [6, 6.07) is 0. The van der Waals surface area contributed by atoms with E-state index in [4.69, 9.17) is 5.73 Å². The summed E-state index contributed by atoms with van der Waals surface area (Å²) in [5.41, 5.74) is 5.75. The number of anilines is 1. The van der Waals surface area contributed by atoms with Crippen molar-refractivity contribution in [2.75, 3.05) is 5.73 Å². The minimum atomic E-state index is 0.649. The van der Waals surface area contributed by atoms with Crippen molar-refractivity contribution in [1.82, 2.24) is 9.55 Å². The predicted molar refractivity (Wildman–Crippen MR) is 53.4 cm³/mol. The lowest BCUT2D eigenvalue weighted by Gasteiger charge is -2.21. The van der Waals surface area contributed by atoms with Gasteiger partial charge in [0.05, 0.1) is 6.20 Å². The maximum Gasteiger partial charge on any atom is 0.123 e. The molecular weight excluding hydrogens is 162 g/mol. The van der Waals surface area contributed by atoms with Gasteiger partial charge in [0, 0.05) is 13.0 Å². The molecule has 1 aromatic heterocycles. The van der Waals surface area contributed by atoms with E-state index < -0.39 is 0 Å². The van der Waals surface area contributed by atoms with Gasteiger partial charge in [-0.3, -0.25) is 0 Å². The fourth-order valence-electron chi connectivity index (χ4n) is 2.18. The summed E-state index contributed by atoms with van der Waals surface area (Å²) < 4.78 is 2.02. The molecule has 0 atom stereocenters. The lowest BCUT2D eigenvalue weighted by molar-refractivity contribution is 0.422. The second kappa shape index (κ2) is 3.40. The van der Waals surface area contributed by atoms with Crippen LogP contribution in [-0.2, 0) is 7.05 Å². The first-order valence-corrected chi connectivity index (χ1v) is 5.06. The maximum absolute atomic E-state index is 5.75. The Bertz CT molecular complexity index is 284. The van der Waals surface area contributed by atoms with E-state index in [-0.39, 0.29) is 0 Å². The predicted octanol–water partition coefficient (Wildman–Crippen LogP) is 2.05. The van der Waals surface area contributed by atoms with Gasteiger partial charge in [0.1, 0.15) is 11.6 Å². The minimum absolute atomic E-state index is 0.649. The van der Waals surface area contributed by atoms with Crippen molar-refractivity contribution in [3.8, 4) is 0 Å². The van der Waals surface area contributed by atoms with Crippen molar-refractivity contribution >= 4 is 5.82 Å². The second-order valence-electron chi connectivity index (χ2n) is 3.94. The molecule has 3 heteroatoms. The SMILES string of the molecule is Cn1c(N)cnc1C1CCCCC1. The fourth-order valence-corrected chi connectivity index (χ4v) is 2.18. The van der Waals surface area contributed by atoms with E-state index in [2.05, 4.69) is 4.98 Å². The number of aromatic nitrogens is 2. The van der Waals surface area contributed by atoms with Crippen molar-refractivity contribution < 1.29 is 0 Å². The summed E-state index contributed by atoms with van der Waals surface area (Å²) in [7, 11) is 2.01. The average Bonchev–Trinajstić information content (AvgIpc) is 2.49. The highest BCUT2D eigenvalue weighted by molar-refractivity contribution is 5.28. The zero-order chi connectivity index (χ0) is 9.26. The van der Waals surface area contributed by atoms with Gasteiger partial charge in [-0.15, -0.1) is 0 Å². The van der Waals surface area contributed by atoms with Crippen molar-refractivity contribution in [3.05, 3.63) is 12.0 Å². The Kier molecular flexibility index (Phi) is 2.25. The summed E-state index contributed by atoms with van der Waals surface area (Å²) in [4.78, 5) is 4.38. The number of hydrogen-bond donors (Lipinski definition) is 1. The van der Waals surface area contributed by atoms with Crippen molar-refractivity contribution in [2.45, 2.75) is 38.0 Å². The topological polar surface area (TPSA) is 43.8 Å². The van der Waals surface area contributed by atoms with Crippen LogP contribution in [0.1, 0.15) is 43.8 Å². The van der Waals surface area contributed by atoms with Gasteiger partial charge in [0.15, 0.2) is 0 Å². The molecule has 1 aliphatic rings. The Labute approximate surface area is 79.0 Å². The van der Waals surface area contributed by atoms with Crippen LogP contribution < -0.4 is 5.73 Å². The van der Waals surface area contributed by atoms with Crippen molar-refractivity contribution in [3.63, 3.8) is 0 Å². The molecule has 2 N–H and O–H groups in total. The monoisotopic (exact) mass is 179 g/mol. The zero-order valence-electron chi connectivity index (χ0n) is 8.16. The van der Waals surface area contributed by atoms with Gasteiger partial charge in [-0.1, -0.05) is 19.3 Å². The Morgan fingerprint density at radius 2 is 2.08 bits per heavy atom. The van der Waals surface area contributed by atoms with Crippen molar-refractivity contribution in [1.29, 1.82) is 0 Å². The van der Waals surface area contributed by atoms with Crippen LogP contribution in [0.3, 0.4) is 0 Å². The van der Waals surface area contributed by atoms with E-state index in [1.807, 2.05) is 11.6 Å². The maximum atomic E-state index is 5.75. The lowest BCUT2D eigenvalue weighted by Crippen LogP contribution is -2.11. The van der Waals surface area contributed by atoms with Crippen LogP contribution in [0.5, 0.6) is 0 Å². The first-order chi connectivity index (χ1) is 6.29. The molecule has 3 nitrogen and oxygen atoms in total. The average molecular weight is 179 g/mol. The first-order valence-electron chi connectivity index (χ1n) is 5.06. The molecule has 0 unspecified atom stereocenters. The Morgan fingerprint density at radius 1 is 1.38 bits per heavy atom. The molecule has 0 saturated heterocycles. The second-order valence-corrected chi connectivity index (χ2v) is 3.94. The van der Waals surface area contributed by atoms with Crippen LogP contribution in [0.4, 0.5) is 5.82 Å². The number of nitrogens with two attached hydrogens (primary N) is 1. The standard InChI is InChI=1S/C10H17N3/c1-13-9(11)7-12-10(13)8-5-3-2-4-6-8/h7-8H,2-6,11H2,1H3. The fraction of sp³-hybridized carbons (Fsp3) is 0.700. The number of nitrogen functional groups attached to an aromatic ring is 1. The molecule has 0 bridgehead atoms.